The molecule has 1 aromatic rings. The zero-order valence-electron chi connectivity index (χ0n) is 8.93. The van der Waals surface area contributed by atoms with Crippen molar-refractivity contribution in [1.29, 1.82) is 0 Å². The summed E-state index contributed by atoms with van der Waals surface area (Å²) < 4.78 is 0. The third-order valence-electron chi connectivity index (χ3n) is 2.00. The molecule has 1 heteroatoms. The summed E-state index contributed by atoms with van der Waals surface area (Å²) in [4.78, 5) is 0. The van der Waals surface area contributed by atoms with Crippen LogP contribution < -0.4 is 0 Å². The van der Waals surface area contributed by atoms with Crippen molar-refractivity contribution in [2.24, 2.45) is 0 Å². The van der Waals surface area contributed by atoms with Gasteiger partial charge in [-0.1, -0.05) is 61.2 Å². The minimum Gasteiger partial charge on any atom is -0.385 e. The summed E-state index contributed by atoms with van der Waals surface area (Å²) in [5.41, 5.74) is 1.89. The Hall–Kier alpha value is -1.60. The van der Waals surface area contributed by atoms with Crippen LogP contribution >= 0.6 is 0 Å². The van der Waals surface area contributed by atoms with Gasteiger partial charge in [0.25, 0.3) is 0 Å². The lowest BCUT2D eigenvalue weighted by atomic mass is 10.1. The molecule has 0 amide bonds. The van der Waals surface area contributed by atoms with Gasteiger partial charge in [-0.3, -0.25) is 0 Å². The molecule has 1 nitrogen and oxygen atoms in total. The highest BCUT2D eigenvalue weighted by Crippen LogP contribution is 2.02. The van der Waals surface area contributed by atoms with E-state index in [9.17, 15) is 5.11 Å². The Morgan fingerprint density at radius 2 is 1.93 bits per heavy atom. The summed E-state index contributed by atoms with van der Waals surface area (Å²) in [6.45, 7) is 5.47. The second kappa shape index (κ2) is 5.99. The van der Waals surface area contributed by atoms with Gasteiger partial charge >= 0.3 is 0 Å². The first-order valence-electron chi connectivity index (χ1n) is 4.93. The van der Waals surface area contributed by atoms with E-state index in [1.165, 1.54) is 0 Å². The summed E-state index contributed by atoms with van der Waals surface area (Å²) in [6.07, 6.45) is 6.88. The summed E-state index contributed by atoms with van der Waals surface area (Å²) in [5.74, 6) is 0. The monoisotopic (exact) mass is 200 g/mol. The second-order valence-electron chi connectivity index (χ2n) is 3.45. The molecule has 1 aromatic carbocycles. The molecule has 1 atom stereocenters. The highest BCUT2D eigenvalue weighted by molar-refractivity contribution is 5.50. The van der Waals surface area contributed by atoms with Crippen LogP contribution in [0.15, 0.2) is 60.7 Å². The number of aliphatic hydroxyl groups excluding tert-OH is 1. The van der Waals surface area contributed by atoms with E-state index in [1.807, 2.05) is 48.6 Å². The van der Waals surface area contributed by atoms with E-state index in [0.29, 0.717) is 0 Å². The zero-order valence-corrected chi connectivity index (χ0v) is 8.93. The predicted octanol–water partition coefficient (Wildman–Crippen LogP) is 3.19. The summed E-state index contributed by atoms with van der Waals surface area (Å²) >= 11 is 0. The first-order chi connectivity index (χ1) is 7.20. The van der Waals surface area contributed by atoms with Crippen LogP contribution in [0.1, 0.15) is 12.5 Å². The summed E-state index contributed by atoms with van der Waals surface area (Å²) in [5, 5.41) is 9.40. The first-order valence-corrected chi connectivity index (χ1v) is 4.93. The quantitative estimate of drug-likeness (QED) is 0.584. The van der Waals surface area contributed by atoms with Crippen LogP contribution in [0.5, 0.6) is 0 Å². The molecule has 78 valence electrons. The van der Waals surface area contributed by atoms with Gasteiger partial charge in [0, 0.05) is 0 Å². The van der Waals surface area contributed by atoms with Crippen molar-refractivity contribution in [3.8, 4) is 0 Å². The van der Waals surface area contributed by atoms with Gasteiger partial charge in [0.2, 0.25) is 0 Å². The van der Waals surface area contributed by atoms with Crippen molar-refractivity contribution < 1.29 is 5.11 Å². The van der Waals surface area contributed by atoms with Gasteiger partial charge in [-0.25, -0.2) is 0 Å². The molecule has 0 spiro atoms. The fourth-order valence-electron chi connectivity index (χ4n) is 1.06. The van der Waals surface area contributed by atoms with Crippen molar-refractivity contribution in [3.63, 3.8) is 0 Å². The minimum atomic E-state index is -0.551. The lowest BCUT2D eigenvalue weighted by Gasteiger charge is -2.01. The standard InChI is InChI=1S/C14H16O/c1-12(2)14(15)11-7-6-10-13-8-4-3-5-9-13/h3-11,14-15H,1H2,2H3/b10-6+,11-7+. The second-order valence-corrected chi connectivity index (χ2v) is 3.45. The third-order valence-corrected chi connectivity index (χ3v) is 2.00. The van der Waals surface area contributed by atoms with Crippen LogP contribution in [0.2, 0.25) is 0 Å². The van der Waals surface area contributed by atoms with Crippen molar-refractivity contribution in [1.82, 2.24) is 0 Å². The van der Waals surface area contributed by atoms with E-state index in [0.717, 1.165) is 11.1 Å². The molecule has 1 N–H and O–H groups in total. The molecule has 0 saturated heterocycles. The maximum atomic E-state index is 9.40. The molecule has 1 unspecified atom stereocenters. The SMILES string of the molecule is C=C(C)C(O)/C=C/C=C/c1ccccc1. The Morgan fingerprint density at radius 3 is 2.53 bits per heavy atom. The van der Waals surface area contributed by atoms with Crippen LogP contribution in [-0.4, -0.2) is 11.2 Å². The number of allylic oxidation sites excluding steroid dienone is 2. The van der Waals surface area contributed by atoms with Crippen LogP contribution in [-0.2, 0) is 0 Å². The predicted molar refractivity (Wildman–Crippen MR) is 65.4 cm³/mol. The average Bonchev–Trinajstić information content (AvgIpc) is 2.25. The molecule has 0 aromatic heterocycles. The van der Waals surface area contributed by atoms with Gasteiger partial charge in [-0.15, -0.1) is 0 Å². The normalized spacial score (nSPS) is 13.5. The Balaban J connectivity index is 2.50. The van der Waals surface area contributed by atoms with Gasteiger partial charge in [-0.05, 0) is 18.1 Å². The number of hydrogen-bond acceptors (Lipinski definition) is 1. The van der Waals surface area contributed by atoms with Crippen LogP contribution in [0.3, 0.4) is 0 Å². The molecule has 0 radical (unpaired) electrons. The Kier molecular flexibility index (Phi) is 4.58. The van der Waals surface area contributed by atoms with Crippen LogP contribution in [0.4, 0.5) is 0 Å². The molecule has 1 rings (SSSR count). The zero-order chi connectivity index (χ0) is 11.1. The third kappa shape index (κ3) is 4.43. The van der Waals surface area contributed by atoms with Crippen molar-refractivity contribution in [3.05, 3.63) is 66.3 Å². The fraction of sp³-hybridized carbons (Fsp3) is 0.143. The van der Waals surface area contributed by atoms with E-state index < -0.39 is 6.10 Å². The van der Waals surface area contributed by atoms with E-state index in [4.69, 9.17) is 0 Å². The van der Waals surface area contributed by atoms with E-state index in [2.05, 4.69) is 6.58 Å². The Morgan fingerprint density at radius 1 is 1.27 bits per heavy atom. The van der Waals surface area contributed by atoms with Crippen molar-refractivity contribution >= 4 is 6.08 Å². The Labute approximate surface area is 91.1 Å². The molecule has 0 aliphatic rings. The molecule has 0 aliphatic carbocycles. The topological polar surface area (TPSA) is 20.2 Å². The Bertz CT molecular complexity index is 360. The number of benzene rings is 1. The highest BCUT2D eigenvalue weighted by atomic mass is 16.3. The van der Waals surface area contributed by atoms with Crippen LogP contribution in [0.25, 0.3) is 6.08 Å². The number of aliphatic hydroxyl groups is 1. The average molecular weight is 200 g/mol. The molecular weight excluding hydrogens is 184 g/mol. The fourth-order valence-corrected chi connectivity index (χ4v) is 1.06. The minimum absolute atomic E-state index is 0.551. The van der Waals surface area contributed by atoms with Gasteiger partial charge in [0.05, 0.1) is 6.10 Å². The lowest BCUT2D eigenvalue weighted by Crippen LogP contribution is -2.01. The van der Waals surface area contributed by atoms with E-state index in [-0.39, 0.29) is 0 Å². The molecular formula is C14H16O. The molecule has 0 saturated carbocycles. The van der Waals surface area contributed by atoms with Crippen molar-refractivity contribution in [2.75, 3.05) is 0 Å². The number of hydrogen-bond donors (Lipinski definition) is 1. The van der Waals surface area contributed by atoms with E-state index >= 15 is 0 Å². The van der Waals surface area contributed by atoms with Gasteiger partial charge in [0.1, 0.15) is 0 Å². The maximum absolute atomic E-state index is 9.40. The molecule has 0 aliphatic heterocycles. The molecule has 15 heavy (non-hydrogen) atoms. The van der Waals surface area contributed by atoms with E-state index in [1.54, 1.807) is 13.0 Å². The van der Waals surface area contributed by atoms with Crippen LogP contribution in [0, 0.1) is 0 Å². The van der Waals surface area contributed by atoms with Crippen molar-refractivity contribution in [2.45, 2.75) is 13.0 Å². The van der Waals surface area contributed by atoms with Gasteiger partial charge in [-0.2, -0.15) is 0 Å². The molecule has 0 heterocycles. The molecule has 0 bridgehead atoms. The largest absolute Gasteiger partial charge is 0.385 e. The summed E-state index contributed by atoms with van der Waals surface area (Å²) in [7, 11) is 0. The first kappa shape index (κ1) is 11.5. The lowest BCUT2D eigenvalue weighted by molar-refractivity contribution is 0.260. The van der Waals surface area contributed by atoms with Gasteiger partial charge in [0.15, 0.2) is 0 Å². The smallest absolute Gasteiger partial charge is 0.0929 e. The highest BCUT2D eigenvalue weighted by Gasteiger charge is 1.95. The molecule has 0 fully saturated rings. The summed E-state index contributed by atoms with van der Waals surface area (Å²) in [6, 6.07) is 10.0. The number of rotatable bonds is 4. The van der Waals surface area contributed by atoms with Gasteiger partial charge < -0.3 is 5.11 Å². The maximum Gasteiger partial charge on any atom is 0.0929 e.